The van der Waals surface area contributed by atoms with Crippen molar-refractivity contribution in [1.82, 2.24) is 4.90 Å². The van der Waals surface area contributed by atoms with Gasteiger partial charge in [-0.25, -0.2) is 9.18 Å². The second-order valence-corrected chi connectivity index (χ2v) is 8.09. The zero-order chi connectivity index (χ0) is 21.5. The molecule has 1 unspecified atom stereocenters. The number of carbonyl (C=O) groups excluding carboxylic acids is 2. The van der Waals surface area contributed by atoms with Crippen LogP contribution in [0.15, 0.2) is 42.5 Å². The number of anilines is 2. The van der Waals surface area contributed by atoms with E-state index < -0.39 is 11.6 Å². The third-order valence-corrected chi connectivity index (χ3v) is 6.35. The summed E-state index contributed by atoms with van der Waals surface area (Å²) >= 11 is 0. The molecule has 4 rings (SSSR count). The molecule has 2 fully saturated rings. The molecule has 0 saturated carbocycles. The van der Waals surface area contributed by atoms with Gasteiger partial charge in [-0.05, 0) is 68.1 Å². The third kappa shape index (κ3) is 3.33. The Bertz CT molecular complexity index is 985. The van der Waals surface area contributed by atoms with Crippen LogP contribution in [0, 0.1) is 19.7 Å². The molecule has 0 radical (unpaired) electrons. The smallest absolute Gasteiger partial charge is 0.321 e. The molecule has 0 aromatic heterocycles. The molecule has 1 N–H and O–H groups in total. The number of methoxy groups -OCH3 is 1. The summed E-state index contributed by atoms with van der Waals surface area (Å²) in [6, 6.07) is 11.7. The number of carbonyl (C=O) groups is 2. The van der Waals surface area contributed by atoms with Gasteiger partial charge < -0.3 is 19.9 Å². The lowest BCUT2D eigenvalue weighted by Gasteiger charge is -2.59. The number of ether oxygens (including phenoxy) is 1. The molecule has 6 nitrogen and oxygen atoms in total. The Morgan fingerprint density at radius 3 is 2.50 bits per heavy atom. The minimum absolute atomic E-state index is 0.162. The van der Waals surface area contributed by atoms with Crippen LogP contribution in [-0.2, 0) is 9.53 Å². The Kier molecular flexibility index (Phi) is 5.24. The van der Waals surface area contributed by atoms with E-state index in [4.69, 9.17) is 4.74 Å². The highest BCUT2D eigenvalue weighted by Gasteiger charge is 2.62. The van der Waals surface area contributed by atoms with Crippen LogP contribution in [0.3, 0.4) is 0 Å². The predicted octanol–water partition coefficient (Wildman–Crippen LogP) is 3.87. The number of benzene rings is 2. The molecule has 1 spiro atoms. The van der Waals surface area contributed by atoms with E-state index in [1.54, 1.807) is 21.9 Å². The summed E-state index contributed by atoms with van der Waals surface area (Å²) in [5.41, 5.74) is 3.02. The number of hydrogen-bond acceptors (Lipinski definition) is 3. The van der Waals surface area contributed by atoms with E-state index >= 15 is 0 Å². The van der Waals surface area contributed by atoms with Gasteiger partial charge in [0.15, 0.2) is 6.10 Å². The van der Waals surface area contributed by atoms with Gasteiger partial charge in [0.1, 0.15) is 5.82 Å². The highest BCUT2D eigenvalue weighted by molar-refractivity contribution is 6.07. The molecule has 2 aromatic carbocycles. The molecule has 2 aliphatic heterocycles. The first-order valence-corrected chi connectivity index (χ1v) is 10.1. The van der Waals surface area contributed by atoms with Crippen molar-refractivity contribution in [1.29, 1.82) is 0 Å². The van der Waals surface area contributed by atoms with E-state index in [2.05, 4.69) is 5.32 Å². The Morgan fingerprint density at radius 1 is 1.13 bits per heavy atom. The normalized spacial score (nSPS) is 20.3. The number of piperidine rings is 1. The summed E-state index contributed by atoms with van der Waals surface area (Å²) in [6.07, 6.45) is 0.549. The quantitative estimate of drug-likeness (QED) is 0.780. The van der Waals surface area contributed by atoms with Crippen molar-refractivity contribution in [2.45, 2.75) is 38.3 Å². The number of likely N-dealkylation sites (tertiary alicyclic amines) is 1. The molecule has 2 aliphatic rings. The van der Waals surface area contributed by atoms with Crippen LogP contribution in [0.2, 0.25) is 0 Å². The average Bonchev–Trinajstić information content (AvgIpc) is 2.71. The first-order valence-electron chi connectivity index (χ1n) is 10.1. The van der Waals surface area contributed by atoms with Gasteiger partial charge in [0.2, 0.25) is 0 Å². The standard InChI is InChI=1S/C23H26FN3O3/c1-15-7-8-18(13-16(15)2)25-22(29)26-11-9-23(10-12-26)20(30-3)21(28)27(23)19-6-4-5-17(24)14-19/h4-8,13-14,20H,9-12H2,1-3H3,(H,25,29). The van der Waals surface area contributed by atoms with Crippen molar-refractivity contribution in [3.8, 4) is 0 Å². The van der Waals surface area contributed by atoms with Crippen molar-refractivity contribution in [2.24, 2.45) is 0 Å². The zero-order valence-corrected chi connectivity index (χ0v) is 17.4. The lowest BCUT2D eigenvalue weighted by Crippen LogP contribution is -2.78. The lowest BCUT2D eigenvalue weighted by molar-refractivity contribution is -0.150. The van der Waals surface area contributed by atoms with Crippen LogP contribution in [-0.4, -0.2) is 48.7 Å². The number of rotatable bonds is 3. The highest BCUT2D eigenvalue weighted by Crippen LogP contribution is 2.45. The number of aryl methyl sites for hydroxylation is 2. The Labute approximate surface area is 175 Å². The molecular formula is C23H26FN3O3. The maximum absolute atomic E-state index is 13.7. The minimum Gasteiger partial charge on any atom is -0.369 e. The van der Waals surface area contributed by atoms with E-state index in [9.17, 15) is 14.0 Å². The monoisotopic (exact) mass is 411 g/mol. The number of halogens is 1. The van der Waals surface area contributed by atoms with Crippen molar-refractivity contribution in [3.05, 3.63) is 59.4 Å². The number of hydrogen-bond donors (Lipinski definition) is 1. The predicted molar refractivity (Wildman–Crippen MR) is 113 cm³/mol. The summed E-state index contributed by atoms with van der Waals surface area (Å²) in [7, 11) is 1.52. The van der Waals surface area contributed by atoms with Crippen LogP contribution in [0.5, 0.6) is 0 Å². The number of amides is 3. The number of urea groups is 1. The van der Waals surface area contributed by atoms with Crippen molar-refractivity contribution >= 4 is 23.3 Å². The fraction of sp³-hybridized carbons (Fsp3) is 0.391. The SMILES string of the molecule is COC1C(=O)N(c2cccc(F)c2)C12CCN(C(=O)Nc1ccc(C)c(C)c1)CC2. The minimum atomic E-state index is -0.578. The molecule has 7 heteroatoms. The molecule has 2 heterocycles. The first-order chi connectivity index (χ1) is 14.4. The van der Waals surface area contributed by atoms with Gasteiger partial charge in [0.05, 0.1) is 5.54 Å². The summed E-state index contributed by atoms with van der Waals surface area (Å²) in [6.45, 7) is 5.00. The fourth-order valence-corrected chi connectivity index (χ4v) is 4.54. The van der Waals surface area contributed by atoms with Gasteiger partial charge in [-0.1, -0.05) is 12.1 Å². The van der Waals surface area contributed by atoms with E-state index in [0.29, 0.717) is 31.6 Å². The van der Waals surface area contributed by atoms with Crippen LogP contribution in [0.25, 0.3) is 0 Å². The van der Waals surface area contributed by atoms with Crippen molar-refractivity contribution in [2.75, 3.05) is 30.4 Å². The van der Waals surface area contributed by atoms with Crippen LogP contribution in [0.4, 0.5) is 20.6 Å². The summed E-state index contributed by atoms with van der Waals surface area (Å²) in [4.78, 5) is 28.8. The maximum Gasteiger partial charge on any atom is 0.321 e. The van der Waals surface area contributed by atoms with E-state index in [1.807, 2.05) is 32.0 Å². The third-order valence-electron chi connectivity index (χ3n) is 6.35. The molecule has 158 valence electrons. The second-order valence-electron chi connectivity index (χ2n) is 8.09. The van der Waals surface area contributed by atoms with E-state index in [0.717, 1.165) is 11.3 Å². The Morgan fingerprint density at radius 2 is 1.87 bits per heavy atom. The summed E-state index contributed by atoms with van der Waals surface area (Å²) in [5, 5.41) is 2.95. The number of nitrogens with one attached hydrogen (secondary N) is 1. The average molecular weight is 411 g/mol. The van der Waals surface area contributed by atoms with Gasteiger partial charge in [-0.3, -0.25) is 4.79 Å². The first kappa shape index (κ1) is 20.3. The Balaban J connectivity index is 1.48. The van der Waals surface area contributed by atoms with Crippen molar-refractivity contribution in [3.63, 3.8) is 0 Å². The second kappa shape index (κ2) is 7.72. The molecule has 3 amide bonds. The Hall–Kier alpha value is -2.93. The van der Waals surface area contributed by atoms with E-state index in [-0.39, 0.29) is 17.8 Å². The fourth-order valence-electron chi connectivity index (χ4n) is 4.54. The van der Waals surface area contributed by atoms with Gasteiger partial charge in [0.25, 0.3) is 5.91 Å². The summed E-state index contributed by atoms with van der Waals surface area (Å²) < 4.78 is 19.2. The van der Waals surface area contributed by atoms with Crippen molar-refractivity contribution < 1.29 is 18.7 Å². The zero-order valence-electron chi connectivity index (χ0n) is 17.4. The molecule has 2 aromatic rings. The lowest BCUT2D eigenvalue weighted by atomic mass is 9.72. The number of β-lactam (4-membered cyclic amide) rings is 1. The van der Waals surface area contributed by atoms with Crippen LogP contribution >= 0.6 is 0 Å². The maximum atomic E-state index is 13.7. The molecule has 2 saturated heterocycles. The van der Waals surface area contributed by atoms with Gasteiger partial charge in [-0.15, -0.1) is 0 Å². The highest BCUT2D eigenvalue weighted by atomic mass is 19.1. The molecular weight excluding hydrogens is 385 g/mol. The van der Waals surface area contributed by atoms with Gasteiger partial charge in [0, 0.05) is 31.6 Å². The molecule has 1 atom stereocenters. The van der Waals surface area contributed by atoms with Crippen LogP contribution in [0.1, 0.15) is 24.0 Å². The van der Waals surface area contributed by atoms with E-state index in [1.165, 1.54) is 24.8 Å². The largest absolute Gasteiger partial charge is 0.369 e. The number of nitrogens with zero attached hydrogens (tertiary/aromatic N) is 2. The molecule has 0 bridgehead atoms. The van der Waals surface area contributed by atoms with Crippen LogP contribution < -0.4 is 10.2 Å². The molecule has 0 aliphatic carbocycles. The van der Waals surface area contributed by atoms with Gasteiger partial charge in [-0.2, -0.15) is 0 Å². The summed E-state index contributed by atoms with van der Waals surface area (Å²) in [5.74, 6) is -0.558. The topological polar surface area (TPSA) is 61.9 Å². The van der Waals surface area contributed by atoms with Gasteiger partial charge >= 0.3 is 6.03 Å². The molecule has 30 heavy (non-hydrogen) atoms.